The molecule has 2 bridgehead atoms. The van der Waals surface area contributed by atoms with Crippen LogP contribution in [0.15, 0.2) is 18.2 Å². The van der Waals surface area contributed by atoms with Crippen molar-refractivity contribution in [1.29, 1.82) is 0 Å². The maximum absolute atomic E-state index is 13.2. The van der Waals surface area contributed by atoms with Crippen LogP contribution in [0.1, 0.15) is 39.2 Å². The van der Waals surface area contributed by atoms with Gasteiger partial charge in [-0.3, -0.25) is 9.59 Å². The molecule has 0 aliphatic heterocycles. The SMILES string of the molecule is Cc1c(Cl)cccc1NC(=O)[C@@]12CC[C@@](C)(C(=O)[C@@H]1Br)C2(C)C. The van der Waals surface area contributed by atoms with E-state index < -0.39 is 21.1 Å². The number of hydrogen-bond donors (Lipinski definition) is 1. The molecule has 1 aromatic carbocycles. The van der Waals surface area contributed by atoms with Crippen molar-refractivity contribution in [2.75, 3.05) is 5.32 Å². The van der Waals surface area contributed by atoms with Gasteiger partial charge >= 0.3 is 0 Å². The van der Waals surface area contributed by atoms with Crippen LogP contribution in [0.25, 0.3) is 0 Å². The number of fused-ring (bicyclic) bond motifs is 2. The summed E-state index contributed by atoms with van der Waals surface area (Å²) in [7, 11) is 0. The molecule has 2 aliphatic carbocycles. The molecule has 5 heteroatoms. The summed E-state index contributed by atoms with van der Waals surface area (Å²) >= 11 is 9.69. The first-order valence-electron chi connectivity index (χ1n) is 7.84. The molecule has 0 unspecified atom stereocenters. The minimum atomic E-state index is -0.729. The lowest BCUT2D eigenvalue weighted by atomic mass is 9.64. The van der Waals surface area contributed by atoms with E-state index in [0.717, 1.165) is 12.0 Å². The van der Waals surface area contributed by atoms with Gasteiger partial charge in [0.25, 0.3) is 0 Å². The average Bonchev–Trinajstić information content (AvgIpc) is 2.76. The highest BCUT2D eigenvalue weighted by atomic mass is 79.9. The predicted molar refractivity (Wildman–Crippen MR) is 96.1 cm³/mol. The van der Waals surface area contributed by atoms with Crippen LogP contribution in [-0.4, -0.2) is 16.5 Å². The summed E-state index contributed by atoms with van der Waals surface area (Å²) in [4.78, 5) is 25.5. The minimum Gasteiger partial charge on any atom is -0.325 e. The van der Waals surface area contributed by atoms with Gasteiger partial charge in [-0.2, -0.15) is 0 Å². The number of carbonyl (C=O) groups excluding carboxylic acids is 2. The summed E-state index contributed by atoms with van der Waals surface area (Å²) in [5.74, 6) is 0.0519. The largest absolute Gasteiger partial charge is 0.325 e. The molecule has 0 spiro atoms. The molecule has 23 heavy (non-hydrogen) atoms. The fourth-order valence-corrected chi connectivity index (χ4v) is 6.12. The number of hydrogen-bond acceptors (Lipinski definition) is 2. The lowest BCUT2D eigenvalue weighted by Gasteiger charge is -2.39. The normalized spacial score (nSPS) is 34.7. The van der Waals surface area contributed by atoms with Crippen LogP contribution in [0.5, 0.6) is 0 Å². The molecular formula is C18H21BrClNO2. The molecule has 1 N–H and O–H groups in total. The lowest BCUT2D eigenvalue weighted by molar-refractivity contribution is -0.130. The van der Waals surface area contributed by atoms with Crippen molar-refractivity contribution >= 4 is 44.9 Å². The Bertz CT molecular complexity index is 717. The van der Waals surface area contributed by atoms with Crippen LogP contribution >= 0.6 is 27.5 Å². The second-order valence-electron chi connectivity index (χ2n) is 7.52. The molecule has 1 amide bonds. The Hall–Kier alpha value is -0.870. The highest BCUT2D eigenvalue weighted by Gasteiger charge is 2.76. The fourth-order valence-electron chi connectivity index (χ4n) is 4.43. The third kappa shape index (κ3) is 1.88. The average molecular weight is 399 g/mol. The molecule has 3 rings (SSSR count). The van der Waals surface area contributed by atoms with Crippen molar-refractivity contribution in [1.82, 2.24) is 0 Å². The Balaban J connectivity index is 2.02. The minimum absolute atomic E-state index is 0.0932. The van der Waals surface area contributed by atoms with Crippen molar-refractivity contribution in [2.24, 2.45) is 16.2 Å². The first-order chi connectivity index (χ1) is 10.6. The molecule has 2 saturated carbocycles. The van der Waals surface area contributed by atoms with Crippen LogP contribution < -0.4 is 5.32 Å². The van der Waals surface area contributed by atoms with Gasteiger partial charge in [-0.15, -0.1) is 0 Å². The Kier molecular flexibility index (Phi) is 3.73. The van der Waals surface area contributed by atoms with Crippen LogP contribution in [-0.2, 0) is 9.59 Å². The van der Waals surface area contributed by atoms with Crippen LogP contribution in [0, 0.1) is 23.2 Å². The third-order valence-electron chi connectivity index (χ3n) is 6.64. The summed E-state index contributed by atoms with van der Waals surface area (Å²) in [5, 5.41) is 3.65. The van der Waals surface area contributed by atoms with Gasteiger partial charge in [0.1, 0.15) is 0 Å². The standard InChI is InChI=1S/C18H21BrClNO2/c1-10-11(20)6-5-7-12(10)21-15(23)18-9-8-17(4,16(18,2)3)14(22)13(18)19/h5-7,13H,8-9H2,1-4H3,(H,21,23)/t13-,17-,18+/m0/s1. The van der Waals surface area contributed by atoms with E-state index in [4.69, 9.17) is 11.6 Å². The van der Waals surface area contributed by atoms with Gasteiger partial charge in [0.05, 0.1) is 10.2 Å². The number of Topliss-reactive ketones (excluding diaryl/α,β-unsaturated/α-hetero) is 1. The Morgan fingerprint density at radius 2 is 1.96 bits per heavy atom. The van der Waals surface area contributed by atoms with Crippen LogP contribution in [0.2, 0.25) is 5.02 Å². The third-order valence-corrected chi connectivity index (χ3v) is 8.25. The molecule has 0 radical (unpaired) electrons. The maximum atomic E-state index is 13.2. The molecule has 0 saturated heterocycles. The summed E-state index contributed by atoms with van der Waals surface area (Å²) < 4.78 is 0. The van der Waals surface area contributed by atoms with Gasteiger partial charge in [-0.1, -0.05) is 54.4 Å². The second kappa shape index (κ2) is 5.06. The monoisotopic (exact) mass is 397 g/mol. The van der Waals surface area contributed by atoms with E-state index in [-0.39, 0.29) is 11.7 Å². The van der Waals surface area contributed by atoms with E-state index in [1.54, 1.807) is 6.07 Å². The summed E-state index contributed by atoms with van der Waals surface area (Å²) in [5.41, 5.74) is -0.0367. The Labute approximate surface area is 150 Å². The summed E-state index contributed by atoms with van der Waals surface area (Å²) in [6.45, 7) is 7.97. The van der Waals surface area contributed by atoms with Gasteiger partial charge in [0, 0.05) is 16.1 Å². The zero-order valence-electron chi connectivity index (χ0n) is 13.8. The molecule has 0 heterocycles. The molecule has 124 valence electrons. The number of benzene rings is 1. The number of amides is 1. The molecule has 1 aromatic rings. The van der Waals surface area contributed by atoms with E-state index in [9.17, 15) is 9.59 Å². The quantitative estimate of drug-likeness (QED) is 0.731. The fraction of sp³-hybridized carbons (Fsp3) is 0.556. The Morgan fingerprint density at radius 1 is 1.30 bits per heavy atom. The highest BCUT2D eigenvalue weighted by Crippen LogP contribution is 2.72. The van der Waals surface area contributed by atoms with Crippen molar-refractivity contribution < 1.29 is 9.59 Å². The number of rotatable bonds is 2. The lowest BCUT2D eigenvalue weighted by Crippen LogP contribution is -2.48. The van der Waals surface area contributed by atoms with Crippen molar-refractivity contribution in [3.05, 3.63) is 28.8 Å². The number of ketones is 1. The van der Waals surface area contributed by atoms with E-state index in [1.165, 1.54) is 0 Å². The van der Waals surface area contributed by atoms with E-state index in [2.05, 4.69) is 21.2 Å². The number of halogens is 2. The predicted octanol–water partition coefficient (Wildman–Crippen LogP) is 4.75. The van der Waals surface area contributed by atoms with E-state index >= 15 is 0 Å². The first kappa shape index (κ1) is 17.0. The van der Waals surface area contributed by atoms with E-state index in [1.807, 2.05) is 39.8 Å². The first-order valence-corrected chi connectivity index (χ1v) is 9.14. The smallest absolute Gasteiger partial charge is 0.232 e. The number of anilines is 1. The van der Waals surface area contributed by atoms with Gasteiger partial charge in [0.15, 0.2) is 5.78 Å². The molecule has 0 aromatic heterocycles. The van der Waals surface area contributed by atoms with Crippen LogP contribution in [0.4, 0.5) is 5.69 Å². The molecule has 3 nitrogen and oxygen atoms in total. The maximum Gasteiger partial charge on any atom is 0.232 e. The number of nitrogens with one attached hydrogen (secondary N) is 1. The van der Waals surface area contributed by atoms with Crippen molar-refractivity contribution in [2.45, 2.75) is 45.4 Å². The molecule has 2 aliphatic rings. The molecule has 3 atom stereocenters. The molecular weight excluding hydrogens is 378 g/mol. The molecule has 2 fully saturated rings. The Morgan fingerprint density at radius 3 is 2.52 bits per heavy atom. The van der Waals surface area contributed by atoms with Gasteiger partial charge in [-0.05, 0) is 42.9 Å². The second-order valence-corrected chi connectivity index (χ2v) is 8.84. The topological polar surface area (TPSA) is 46.2 Å². The van der Waals surface area contributed by atoms with Gasteiger partial charge < -0.3 is 5.32 Å². The zero-order chi connectivity index (χ0) is 17.2. The summed E-state index contributed by atoms with van der Waals surface area (Å²) in [6.07, 6.45) is 1.46. The van der Waals surface area contributed by atoms with Gasteiger partial charge in [-0.25, -0.2) is 0 Å². The van der Waals surface area contributed by atoms with Crippen LogP contribution in [0.3, 0.4) is 0 Å². The highest BCUT2D eigenvalue weighted by molar-refractivity contribution is 9.10. The van der Waals surface area contributed by atoms with Gasteiger partial charge in [0.2, 0.25) is 5.91 Å². The van der Waals surface area contributed by atoms with Crippen molar-refractivity contribution in [3.63, 3.8) is 0 Å². The van der Waals surface area contributed by atoms with Crippen molar-refractivity contribution in [3.8, 4) is 0 Å². The zero-order valence-corrected chi connectivity index (χ0v) is 16.1. The number of alkyl halides is 1. The number of carbonyl (C=O) groups is 2. The van der Waals surface area contributed by atoms with E-state index in [0.29, 0.717) is 17.1 Å². The summed E-state index contributed by atoms with van der Waals surface area (Å²) in [6, 6.07) is 5.46.